The fourth-order valence-corrected chi connectivity index (χ4v) is 4.17. The van der Waals surface area contributed by atoms with Gasteiger partial charge in [0, 0.05) is 43.9 Å². The molecule has 0 spiro atoms. The molecular weight excluding hydrogens is 288 g/mol. The van der Waals surface area contributed by atoms with E-state index in [-0.39, 0.29) is 5.56 Å². The molecule has 4 heteroatoms. The SMILES string of the molecule is O=c1cccc2n1C[C@H]1C[C@@H]2CN(CC(O)c2ccccc2)C1. The standard InChI is InChI=1S/C19H22N2O2/c22-18(15-5-2-1-3-6-15)13-20-10-14-9-16(12-20)17-7-4-8-19(23)21(17)11-14/h1-8,14,16,18,22H,9-13H2/t14-,16+,18?/m0/s1. The second-order valence-electron chi connectivity index (χ2n) is 6.84. The van der Waals surface area contributed by atoms with Gasteiger partial charge in [-0.15, -0.1) is 0 Å². The summed E-state index contributed by atoms with van der Waals surface area (Å²) in [5.41, 5.74) is 2.25. The van der Waals surface area contributed by atoms with E-state index in [1.165, 1.54) is 0 Å². The molecule has 4 rings (SSSR count). The fourth-order valence-electron chi connectivity index (χ4n) is 4.17. The van der Waals surface area contributed by atoms with E-state index in [0.717, 1.165) is 37.3 Å². The van der Waals surface area contributed by atoms with Crippen molar-refractivity contribution < 1.29 is 5.11 Å². The van der Waals surface area contributed by atoms with E-state index >= 15 is 0 Å². The van der Waals surface area contributed by atoms with Crippen LogP contribution in [0.4, 0.5) is 0 Å². The minimum absolute atomic E-state index is 0.120. The maximum absolute atomic E-state index is 12.0. The monoisotopic (exact) mass is 310 g/mol. The van der Waals surface area contributed by atoms with Crippen LogP contribution < -0.4 is 5.56 Å². The Morgan fingerprint density at radius 1 is 1.04 bits per heavy atom. The normalized spacial score (nSPS) is 24.9. The highest BCUT2D eigenvalue weighted by molar-refractivity contribution is 5.19. The lowest BCUT2D eigenvalue weighted by atomic mass is 9.83. The van der Waals surface area contributed by atoms with Crippen LogP contribution in [0.25, 0.3) is 0 Å². The number of aliphatic hydroxyl groups excluding tert-OH is 1. The third-order valence-electron chi connectivity index (χ3n) is 5.17. The Balaban J connectivity index is 1.51. The van der Waals surface area contributed by atoms with Crippen LogP contribution in [-0.4, -0.2) is 34.2 Å². The van der Waals surface area contributed by atoms with Crippen LogP contribution >= 0.6 is 0 Å². The number of aliphatic hydroxyl groups is 1. The number of hydrogen-bond acceptors (Lipinski definition) is 3. The van der Waals surface area contributed by atoms with Crippen molar-refractivity contribution in [3.8, 4) is 0 Å². The Morgan fingerprint density at radius 2 is 1.87 bits per heavy atom. The second-order valence-corrected chi connectivity index (χ2v) is 6.84. The van der Waals surface area contributed by atoms with Crippen molar-refractivity contribution in [1.29, 1.82) is 0 Å². The van der Waals surface area contributed by atoms with E-state index in [1.54, 1.807) is 6.07 Å². The van der Waals surface area contributed by atoms with Crippen LogP contribution in [0, 0.1) is 5.92 Å². The topological polar surface area (TPSA) is 45.5 Å². The molecule has 0 radical (unpaired) electrons. The van der Waals surface area contributed by atoms with Gasteiger partial charge in [0.25, 0.3) is 5.56 Å². The van der Waals surface area contributed by atoms with E-state index in [1.807, 2.05) is 41.0 Å². The van der Waals surface area contributed by atoms with Crippen molar-refractivity contribution in [3.05, 3.63) is 70.1 Å². The molecule has 1 fully saturated rings. The Morgan fingerprint density at radius 3 is 2.70 bits per heavy atom. The largest absolute Gasteiger partial charge is 0.387 e. The van der Waals surface area contributed by atoms with E-state index in [2.05, 4.69) is 11.0 Å². The summed E-state index contributed by atoms with van der Waals surface area (Å²) >= 11 is 0. The molecule has 4 nitrogen and oxygen atoms in total. The molecule has 3 heterocycles. The quantitative estimate of drug-likeness (QED) is 0.943. The number of pyridine rings is 1. The summed E-state index contributed by atoms with van der Waals surface area (Å²) in [6.45, 7) is 3.35. The third kappa shape index (κ3) is 2.84. The Bertz CT molecular complexity index is 741. The number of fused-ring (bicyclic) bond motifs is 4. The minimum atomic E-state index is -0.451. The molecule has 23 heavy (non-hydrogen) atoms. The first-order chi connectivity index (χ1) is 11.2. The highest BCUT2D eigenvalue weighted by atomic mass is 16.3. The van der Waals surface area contributed by atoms with Crippen LogP contribution in [0.1, 0.15) is 29.7 Å². The van der Waals surface area contributed by atoms with Gasteiger partial charge in [0.05, 0.1) is 6.10 Å². The highest BCUT2D eigenvalue weighted by Crippen LogP contribution is 2.35. The summed E-state index contributed by atoms with van der Waals surface area (Å²) in [6, 6.07) is 15.5. The van der Waals surface area contributed by atoms with Gasteiger partial charge in [-0.2, -0.15) is 0 Å². The molecule has 2 aliphatic rings. The molecule has 1 aromatic carbocycles. The summed E-state index contributed by atoms with van der Waals surface area (Å²) in [7, 11) is 0. The van der Waals surface area contributed by atoms with Gasteiger partial charge < -0.3 is 9.67 Å². The van der Waals surface area contributed by atoms with Crippen LogP contribution in [0.15, 0.2) is 53.3 Å². The van der Waals surface area contributed by atoms with Crippen molar-refractivity contribution in [2.24, 2.45) is 5.92 Å². The third-order valence-corrected chi connectivity index (χ3v) is 5.17. The maximum Gasteiger partial charge on any atom is 0.250 e. The molecule has 1 saturated heterocycles. The van der Waals surface area contributed by atoms with Gasteiger partial charge >= 0.3 is 0 Å². The summed E-state index contributed by atoms with van der Waals surface area (Å²) < 4.78 is 1.95. The van der Waals surface area contributed by atoms with Gasteiger partial charge in [0.15, 0.2) is 0 Å². The smallest absolute Gasteiger partial charge is 0.250 e. The zero-order valence-corrected chi connectivity index (χ0v) is 13.1. The molecule has 2 aromatic rings. The molecule has 2 aliphatic heterocycles. The Kier molecular flexibility index (Phi) is 3.79. The number of β-amino-alcohol motifs (C(OH)–C–C–N with tert-alkyl or cyclic N) is 1. The molecule has 1 aromatic heterocycles. The molecular formula is C19H22N2O2. The van der Waals surface area contributed by atoms with Crippen LogP contribution in [0.3, 0.4) is 0 Å². The molecule has 0 aliphatic carbocycles. The van der Waals surface area contributed by atoms with E-state index < -0.39 is 6.10 Å². The second kappa shape index (κ2) is 5.95. The number of likely N-dealkylation sites (tertiary alicyclic amines) is 1. The lowest BCUT2D eigenvalue weighted by molar-refractivity contribution is 0.0621. The Hall–Kier alpha value is -1.91. The number of hydrogen-bond donors (Lipinski definition) is 1. The summed E-state index contributed by atoms with van der Waals surface area (Å²) in [5, 5.41) is 10.5. The van der Waals surface area contributed by atoms with E-state index in [4.69, 9.17) is 0 Å². The van der Waals surface area contributed by atoms with Gasteiger partial charge in [-0.3, -0.25) is 9.69 Å². The van der Waals surface area contributed by atoms with Gasteiger partial charge in [0.1, 0.15) is 0 Å². The van der Waals surface area contributed by atoms with Crippen molar-refractivity contribution in [1.82, 2.24) is 9.47 Å². The molecule has 3 atom stereocenters. The van der Waals surface area contributed by atoms with Crippen molar-refractivity contribution in [2.45, 2.75) is 25.0 Å². The number of piperidine rings is 1. The van der Waals surface area contributed by atoms with Crippen LogP contribution in [0.5, 0.6) is 0 Å². The predicted molar refractivity (Wildman–Crippen MR) is 89.4 cm³/mol. The van der Waals surface area contributed by atoms with Crippen LogP contribution in [-0.2, 0) is 6.54 Å². The molecule has 1 N–H and O–H groups in total. The molecule has 2 bridgehead atoms. The summed E-state index contributed by atoms with van der Waals surface area (Å²) in [6.07, 6.45) is 0.703. The average molecular weight is 310 g/mol. The number of nitrogens with zero attached hydrogens (tertiary/aromatic N) is 2. The average Bonchev–Trinajstić information content (AvgIpc) is 2.57. The maximum atomic E-state index is 12.0. The van der Waals surface area contributed by atoms with E-state index in [9.17, 15) is 9.90 Å². The lowest BCUT2D eigenvalue weighted by Crippen LogP contribution is -2.48. The van der Waals surface area contributed by atoms with Gasteiger partial charge in [-0.25, -0.2) is 0 Å². The van der Waals surface area contributed by atoms with Gasteiger partial charge in [-0.1, -0.05) is 36.4 Å². The molecule has 1 unspecified atom stereocenters. The first-order valence-corrected chi connectivity index (χ1v) is 8.36. The minimum Gasteiger partial charge on any atom is -0.387 e. The fraction of sp³-hybridized carbons (Fsp3) is 0.421. The van der Waals surface area contributed by atoms with Gasteiger partial charge in [0.2, 0.25) is 0 Å². The Labute approximate surface area is 136 Å². The highest BCUT2D eigenvalue weighted by Gasteiger charge is 2.34. The van der Waals surface area contributed by atoms with E-state index in [0.29, 0.717) is 18.4 Å². The molecule has 120 valence electrons. The number of rotatable bonds is 3. The summed E-state index contributed by atoms with van der Waals surface area (Å²) in [4.78, 5) is 14.4. The first-order valence-electron chi connectivity index (χ1n) is 8.36. The number of aromatic nitrogens is 1. The van der Waals surface area contributed by atoms with Crippen molar-refractivity contribution in [3.63, 3.8) is 0 Å². The number of benzene rings is 1. The lowest BCUT2D eigenvalue weighted by Gasteiger charge is -2.43. The van der Waals surface area contributed by atoms with Gasteiger partial charge in [-0.05, 0) is 24.0 Å². The predicted octanol–water partition coefficient (Wildman–Crippen LogP) is 2.00. The zero-order valence-electron chi connectivity index (χ0n) is 13.1. The first kappa shape index (κ1) is 14.7. The summed E-state index contributed by atoms with van der Waals surface area (Å²) in [5.74, 6) is 0.906. The zero-order chi connectivity index (χ0) is 15.8. The van der Waals surface area contributed by atoms with Crippen molar-refractivity contribution >= 4 is 0 Å². The van der Waals surface area contributed by atoms with Crippen molar-refractivity contribution in [2.75, 3.05) is 19.6 Å². The van der Waals surface area contributed by atoms with Crippen LogP contribution in [0.2, 0.25) is 0 Å². The molecule has 0 amide bonds. The molecule has 0 saturated carbocycles.